The molecule has 1 aromatic rings. The first kappa shape index (κ1) is 15.6. The molecular formula is C17H23Cl2NO. The highest BCUT2D eigenvalue weighted by molar-refractivity contribution is 6.36. The minimum Gasteiger partial charge on any atom is -0.375 e. The summed E-state index contributed by atoms with van der Waals surface area (Å²) in [7, 11) is 0. The lowest BCUT2D eigenvalue weighted by Crippen LogP contribution is -2.44. The van der Waals surface area contributed by atoms with E-state index in [1.54, 1.807) is 0 Å². The van der Waals surface area contributed by atoms with Crippen molar-refractivity contribution in [1.29, 1.82) is 0 Å². The van der Waals surface area contributed by atoms with Crippen LogP contribution < -0.4 is 5.73 Å². The number of halogens is 2. The lowest BCUT2D eigenvalue weighted by atomic mass is 9.73. The van der Waals surface area contributed by atoms with E-state index in [-0.39, 0.29) is 11.6 Å². The summed E-state index contributed by atoms with van der Waals surface area (Å²) in [6.07, 6.45) is 8.25. The summed E-state index contributed by atoms with van der Waals surface area (Å²) in [4.78, 5) is 0. The molecule has 2 atom stereocenters. The van der Waals surface area contributed by atoms with Gasteiger partial charge in [0.25, 0.3) is 0 Å². The molecule has 116 valence electrons. The number of rotatable bonds is 2. The molecule has 1 saturated heterocycles. The van der Waals surface area contributed by atoms with Crippen LogP contribution in [0.5, 0.6) is 0 Å². The molecule has 3 rings (SSSR count). The fourth-order valence-corrected chi connectivity index (χ4v) is 4.63. The molecule has 2 unspecified atom stereocenters. The molecule has 1 heterocycles. The third-order valence-corrected chi connectivity index (χ3v) is 5.80. The molecule has 1 aliphatic heterocycles. The van der Waals surface area contributed by atoms with Gasteiger partial charge < -0.3 is 10.5 Å². The number of benzene rings is 1. The van der Waals surface area contributed by atoms with Crippen molar-refractivity contribution in [3.8, 4) is 0 Å². The normalized spacial score (nSPS) is 26.7. The van der Waals surface area contributed by atoms with Crippen molar-refractivity contribution in [3.05, 3.63) is 33.8 Å². The predicted molar refractivity (Wildman–Crippen MR) is 87.9 cm³/mol. The van der Waals surface area contributed by atoms with Gasteiger partial charge in [-0.2, -0.15) is 0 Å². The average molecular weight is 328 g/mol. The van der Waals surface area contributed by atoms with Gasteiger partial charge in [-0.05, 0) is 43.7 Å². The molecule has 2 N–H and O–H groups in total. The first-order valence-electron chi connectivity index (χ1n) is 7.95. The van der Waals surface area contributed by atoms with E-state index in [0.29, 0.717) is 16.0 Å². The van der Waals surface area contributed by atoms with Crippen molar-refractivity contribution < 1.29 is 4.74 Å². The van der Waals surface area contributed by atoms with E-state index in [4.69, 9.17) is 33.7 Å². The van der Waals surface area contributed by atoms with E-state index in [0.717, 1.165) is 25.0 Å². The molecule has 2 nitrogen and oxygen atoms in total. The van der Waals surface area contributed by atoms with E-state index in [2.05, 4.69) is 0 Å². The maximum Gasteiger partial charge on any atom is 0.0685 e. The standard InChI is InChI=1S/C17H23Cl2NO/c18-13-5-4-6-14(19)15(13)16(20)12-7-10-21-17(11-12)8-2-1-3-9-17/h4-6,12,16H,1-3,7-11,20H2. The minimum absolute atomic E-state index is 0.0620. The second-order valence-corrected chi connectivity index (χ2v) is 7.32. The molecule has 1 aromatic carbocycles. The Bertz CT molecular complexity index is 474. The maximum atomic E-state index is 6.54. The number of hydrogen-bond donors (Lipinski definition) is 1. The molecule has 4 heteroatoms. The van der Waals surface area contributed by atoms with Crippen LogP contribution in [0, 0.1) is 5.92 Å². The fraction of sp³-hybridized carbons (Fsp3) is 0.647. The quantitative estimate of drug-likeness (QED) is 0.817. The minimum atomic E-state index is -0.103. The van der Waals surface area contributed by atoms with Gasteiger partial charge in [0.05, 0.1) is 5.60 Å². The molecule has 0 amide bonds. The number of nitrogens with two attached hydrogens (primary N) is 1. The van der Waals surface area contributed by atoms with Gasteiger partial charge in [-0.15, -0.1) is 0 Å². The first-order chi connectivity index (χ1) is 10.1. The van der Waals surface area contributed by atoms with Crippen molar-refractivity contribution in [2.75, 3.05) is 6.61 Å². The van der Waals surface area contributed by atoms with E-state index in [1.807, 2.05) is 18.2 Å². The van der Waals surface area contributed by atoms with Crippen LogP contribution in [0.4, 0.5) is 0 Å². The van der Waals surface area contributed by atoms with Crippen LogP contribution in [0.25, 0.3) is 0 Å². The van der Waals surface area contributed by atoms with Gasteiger partial charge in [0.1, 0.15) is 0 Å². The van der Waals surface area contributed by atoms with Crippen molar-refractivity contribution in [1.82, 2.24) is 0 Å². The van der Waals surface area contributed by atoms with Gasteiger partial charge in [0.15, 0.2) is 0 Å². The van der Waals surface area contributed by atoms with Gasteiger partial charge in [-0.1, -0.05) is 48.5 Å². The van der Waals surface area contributed by atoms with Crippen molar-refractivity contribution in [3.63, 3.8) is 0 Å². The van der Waals surface area contributed by atoms with Gasteiger partial charge >= 0.3 is 0 Å². The Morgan fingerprint density at radius 3 is 2.48 bits per heavy atom. The zero-order valence-electron chi connectivity index (χ0n) is 12.3. The summed E-state index contributed by atoms with van der Waals surface area (Å²) >= 11 is 12.7. The smallest absolute Gasteiger partial charge is 0.0685 e. The lowest BCUT2D eigenvalue weighted by Gasteiger charge is -2.45. The third kappa shape index (κ3) is 3.24. The molecule has 2 fully saturated rings. The Morgan fingerprint density at radius 1 is 1.14 bits per heavy atom. The van der Waals surface area contributed by atoms with Gasteiger partial charge in [-0.3, -0.25) is 0 Å². The Labute approximate surface area is 136 Å². The summed E-state index contributed by atoms with van der Waals surface area (Å²) < 4.78 is 6.16. The molecular weight excluding hydrogens is 305 g/mol. The van der Waals surface area contributed by atoms with Gasteiger partial charge in [0, 0.05) is 28.3 Å². The summed E-state index contributed by atoms with van der Waals surface area (Å²) in [6, 6.07) is 5.51. The second-order valence-electron chi connectivity index (χ2n) is 6.51. The summed E-state index contributed by atoms with van der Waals surface area (Å²) in [5.74, 6) is 0.397. The first-order valence-corrected chi connectivity index (χ1v) is 8.70. The van der Waals surface area contributed by atoms with E-state index >= 15 is 0 Å². The molecule has 2 aliphatic rings. The van der Waals surface area contributed by atoms with Crippen LogP contribution in [0.3, 0.4) is 0 Å². The lowest BCUT2D eigenvalue weighted by molar-refractivity contribution is -0.120. The van der Waals surface area contributed by atoms with Gasteiger partial charge in [0.2, 0.25) is 0 Å². The highest BCUT2D eigenvalue weighted by atomic mass is 35.5. The fourth-order valence-electron chi connectivity index (χ4n) is 3.98. The largest absolute Gasteiger partial charge is 0.375 e. The van der Waals surface area contributed by atoms with Gasteiger partial charge in [-0.25, -0.2) is 0 Å². The van der Waals surface area contributed by atoms with Crippen molar-refractivity contribution >= 4 is 23.2 Å². The third-order valence-electron chi connectivity index (χ3n) is 5.14. The van der Waals surface area contributed by atoms with E-state index < -0.39 is 0 Å². The monoisotopic (exact) mass is 327 g/mol. The van der Waals surface area contributed by atoms with Crippen LogP contribution in [-0.4, -0.2) is 12.2 Å². The Balaban J connectivity index is 1.79. The summed E-state index contributed by atoms with van der Waals surface area (Å²) in [5.41, 5.74) is 7.50. The Kier molecular flexibility index (Phi) is 4.80. The second kappa shape index (κ2) is 6.45. The summed E-state index contributed by atoms with van der Waals surface area (Å²) in [6.45, 7) is 0.806. The number of hydrogen-bond acceptors (Lipinski definition) is 2. The molecule has 0 radical (unpaired) electrons. The zero-order valence-corrected chi connectivity index (χ0v) is 13.8. The van der Waals surface area contributed by atoms with Crippen molar-refractivity contribution in [2.24, 2.45) is 11.7 Å². The molecule has 21 heavy (non-hydrogen) atoms. The Morgan fingerprint density at radius 2 is 1.81 bits per heavy atom. The Hall–Kier alpha value is -0.280. The van der Waals surface area contributed by atoms with E-state index in [9.17, 15) is 0 Å². The number of ether oxygens (including phenoxy) is 1. The molecule has 1 aliphatic carbocycles. The molecule has 1 saturated carbocycles. The highest BCUT2D eigenvalue weighted by Gasteiger charge is 2.40. The average Bonchev–Trinajstić information content (AvgIpc) is 2.48. The predicted octanol–water partition coefficient (Wildman–Crippen LogP) is 5.12. The zero-order chi connectivity index (χ0) is 14.9. The van der Waals surface area contributed by atoms with Crippen LogP contribution in [-0.2, 0) is 4.74 Å². The van der Waals surface area contributed by atoms with Crippen LogP contribution in [0.2, 0.25) is 10.0 Å². The van der Waals surface area contributed by atoms with Crippen molar-refractivity contribution in [2.45, 2.75) is 56.6 Å². The molecule has 1 spiro atoms. The molecule has 0 bridgehead atoms. The van der Waals surface area contributed by atoms with E-state index in [1.165, 1.54) is 32.1 Å². The van der Waals surface area contributed by atoms with Crippen LogP contribution in [0.15, 0.2) is 18.2 Å². The SMILES string of the molecule is NC(c1c(Cl)cccc1Cl)C1CCOC2(CCCCC2)C1. The summed E-state index contributed by atoms with van der Waals surface area (Å²) in [5, 5.41) is 1.36. The maximum absolute atomic E-state index is 6.54. The molecule has 0 aromatic heterocycles. The van der Waals surface area contributed by atoms with Crippen LogP contribution >= 0.6 is 23.2 Å². The topological polar surface area (TPSA) is 35.2 Å². The highest BCUT2D eigenvalue weighted by Crippen LogP contribution is 2.45. The van der Waals surface area contributed by atoms with Crippen LogP contribution in [0.1, 0.15) is 56.6 Å².